The lowest BCUT2D eigenvalue weighted by molar-refractivity contribution is -0.121. The monoisotopic (exact) mass is 529 g/mol. The SMILES string of the molecule is Cc1cc(Oc2ccccc2)ccc1N1C(=O)NC2c3c1ccnc3SC2C(=O)N[C@H]1CC[C@@H](N(C)C)C1. The number of anilines is 2. The number of nitrogens with one attached hydrogen (secondary N) is 2. The van der Waals surface area contributed by atoms with Crippen LogP contribution < -0.4 is 20.3 Å². The van der Waals surface area contributed by atoms with Crippen LogP contribution in [0, 0.1) is 6.92 Å². The number of hydrogen-bond donors (Lipinski definition) is 2. The van der Waals surface area contributed by atoms with Crippen LogP contribution in [0.5, 0.6) is 11.5 Å². The lowest BCUT2D eigenvalue weighted by Gasteiger charge is -2.35. The topological polar surface area (TPSA) is 86.8 Å². The molecule has 0 spiro atoms. The van der Waals surface area contributed by atoms with Crippen molar-refractivity contribution >= 4 is 35.1 Å². The van der Waals surface area contributed by atoms with Crippen LogP contribution in [-0.4, -0.2) is 53.3 Å². The van der Waals surface area contributed by atoms with Crippen molar-refractivity contribution in [2.45, 2.75) is 54.6 Å². The number of urea groups is 1. The molecule has 0 saturated heterocycles. The molecular formula is C29H31N5O3S. The van der Waals surface area contributed by atoms with Crippen molar-refractivity contribution < 1.29 is 14.3 Å². The molecule has 3 aliphatic rings. The first-order valence-electron chi connectivity index (χ1n) is 13.0. The van der Waals surface area contributed by atoms with Gasteiger partial charge in [0.05, 0.1) is 17.4 Å². The molecule has 2 unspecified atom stereocenters. The molecular weight excluding hydrogens is 498 g/mol. The zero-order chi connectivity index (χ0) is 26.4. The highest BCUT2D eigenvalue weighted by Crippen LogP contribution is 2.51. The molecule has 1 aliphatic carbocycles. The molecule has 3 aromatic rings. The van der Waals surface area contributed by atoms with Gasteiger partial charge < -0.3 is 20.3 Å². The Hall–Kier alpha value is -3.56. The smallest absolute Gasteiger partial charge is 0.327 e. The minimum atomic E-state index is -0.453. The molecule has 0 radical (unpaired) electrons. The number of nitrogens with zero attached hydrogens (tertiary/aromatic N) is 3. The summed E-state index contributed by atoms with van der Waals surface area (Å²) in [5.74, 6) is 1.41. The Morgan fingerprint density at radius 2 is 1.92 bits per heavy atom. The molecule has 4 atom stereocenters. The van der Waals surface area contributed by atoms with E-state index >= 15 is 0 Å². The molecule has 2 aromatic carbocycles. The number of aryl methyl sites for hydroxylation is 1. The fourth-order valence-corrected chi connectivity index (χ4v) is 6.91. The molecule has 38 heavy (non-hydrogen) atoms. The number of amides is 3. The molecule has 1 saturated carbocycles. The minimum Gasteiger partial charge on any atom is -0.457 e. The lowest BCUT2D eigenvalue weighted by Crippen LogP contribution is -2.50. The lowest BCUT2D eigenvalue weighted by atomic mass is 9.99. The highest BCUT2D eigenvalue weighted by Gasteiger charge is 2.47. The maximum absolute atomic E-state index is 13.5. The van der Waals surface area contributed by atoms with Crippen LogP contribution in [-0.2, 0) is 4.79 Å². The van der Waals surface area contributed by atoms with E-state index in [1.165, 1.54) is 11.8 Å². The number of carbonyl (C=O) groups is 2. The fourth-order valence-electron chi connectivity index (χ4n) is 5.67. The number of benzene rings is 2. The van der Waals surface area contributed by atoms with E-state index in [-0.39, 0.29) is 18.0 Å². The Labute approximate surface area is 226 Å². The summed E-state index contributed by atoms with van der Waals surface area (Å²) in [4.78, 5) is 35.4. The number of ether oxygens (including phenoxy) is 1. The van der Waals surface area contributed by atoms with E-state index in [0.717, 1.165) is 52.5 Å². The largest absolute Gasteiger partial charge is 0.457 e. The van der Waals surface area contributed by atoms with Crippen LogP contribution in [0.2, 0.25) is 0 Å². The highest BCUT2D eigenvalue weighted by atomic mass is 32.2. The molecule has 2 aliphatic heterocycles. The molecule has 6 rings (SSSR count). The summed E-state index contributed by atoms with van der Waals surface area (Å²) in [6.45, 7) is 1.96. The van der Waals surface area contributed by atoms with Crippen LogP contribution in [0.15, 0.2) is 65.8 Å². The van der Waals surface area contributed by atoms with Crippen molar-refractivity contribution in [1.29, 1.82) is 0 Å². The van der Waals surface area contributed by atoms with E-state index in [2.05, 4.69) is 34.6 Å². The van der Waals surface area contributed by atoms with Crippen LogP contribution in [0.25, 0.3) is 0 Å². The van der Waals surface area contributed by atoms with E-state index < -0.39 is 11.3 Å². The maximum Gasteiger partial charge on any atom is 0.327 e. The van der Waals surface area contributed by atoms with Gasteiger partial charge in [-0.2, -0.15) is 0 Å². The first kappa shape index (κ1) is 24.8. The quantitative estimate of drug-likeness (QED) is 0.459. The molecule has 0 bridgehead atoms. The minimum absolute atomic E-state index is 0.0410. The number of para-hydroxylation sites is 1. The number of aromatic nitrogens is 1. The first-order chi connectivity index (χ1) is 18.4. The Morgan fingerprint density at radius 3 is 2.66 bits per heavy atom. The van der Waals surface area contributed by atoms with Gasteiger partial charge in [0.15, 0.2) is 0 Å². The van der Waals surface area contributed by atoms with Gasteiger partial charge in [0, 0.05) is 23.8 Å². The highest BCUT2D eigenvalue weighted by molar-refractivity contribution is 8.01. The van der Waals surface area contributed by atoms with Gasteiger partial charge >= 0.3 is 6.03 Å². The van der Waals surface area contributed by atoms with Gasteiger partial charge in [-0.15, -0.1) is 0 Å². The summed E-state index contributed by atoms with van der Waals surface area (Å²) in [6.07, 6.45) is 4.70. The summed E-state index contributed by atoms with van der Waals surface area (Å²) < 4.78 is 5.98. The Kier molecular flexibility index (Phi) is 6.49. The van der Waals surface area contributed by atoms with Crippen molar-refractivity contribution in [3.63, 3.8) is 0 Å². The molecule has 2 N–H and O–H groups in total. The molecule has 3 heterocycles. The number of pyridine rings is 1. The molecule has 196 valence electrons. The Balaban J connectivity index is 1.24. The van der Waals surface area contributed by atoms with Gasteiger partial charge in [-0.3, -0.25) is 9.69 Å². The maximum atomic E-state index is 13.5. The van der Waals surface area contributed by atoms with Gasteiger partial charge in [0.2, 0.25) is 5.91 Å². The molecule has 3 amide bonds. The summed E-state index contributed by atoms with van der Waals surface area (Å²) >= 11 is 1.43. The third-order valence-corrected chi connectivity index (χ3v) is 8.92. The van der Waals surface area contributed by atoms with Crippen LogP contribution >= 0.6 is 11.8 Å². The van der Waals surface area contributed by atoms with E-state index in [0.29, 0.717) is 11.8 Å². The predicted octanol–water partition coefficient (Wildman–Crippen LogP) is 5.16. The van der Waals surface area contributed by atoms with E-state index in [1.54, 1.807) is 11.1 Å². The third-order valence-electron chi connectivity index (χ3n) is 7.63. The second-order valence-corrected chi connectivity index (χ2v) is 11.5. The number of thioether (sulfide) groups is 1. The summed E-state index contributed by atoms with van der Waals surface area (Å²) in [6, 6.07) is 17.1. The average molecular weight is 530 g/mol. The van der Waals surface area contributed by atoms with Crippen LogP contribution in [0.1, 0.15) is 36.4 Å². The van der Waals surface area contributed by atoms with Crippen molar-refractivity contribution in [2.75, 3.05) is 19.0 Å². The van der Waals surface area contributed by atoms with Gasteiger partial charge in [-0.05, 0) is 82.2 Å². The van der Waals surface area contributed by atoms with Crippen molar-refractivity contribution in [3.8, 4) is 11.5 Å². The zero-order valence-corrected chi connectivity index (χ0v) is 22.5. The van der Waals surface area contributed by atoms with E-state index in [9.17, 15) is 9.59 Å². The van der Waals surface area contributed by atoms with E-state index in [1.807, 2.05) is 61.5 Å². The van der Waals surface area contributed by atoms with Gasteiger partial charge in [0.25, 0.3) is 0 Å². The van der Waals surface area contributed by atoms with Gasteiger partial charge in [-0.25, -0.2) is 9.78 Å². The van der Waals surface area contributed by atoms with Crippen molar-refractivity contribution in [1.82, 2.24) is 20.5 Å². The standard InChI is InChI=1S/C29H31N5O3S/c1-17-15-21(37-20-7-5-4-6-8-20)11-12-22(17)34-23-13-14-30-28-24(23)25(32-29(34)36)26(38-28)27(35)31-18-9-10-19(16-18)33(2)3/h4-8,11-15,18-19,25-26H,9-10,16H2,1-3H3,(H,31,35)(H,32,36)/t18-,19+,25?,26?/m0/s1. The van der Waals surface area contributed by atoms with Gasteiger partial charge in [0.1, 0.15) is 21.8 Å². The zero-order valence-electron chi connectivity index (χ0n) is 21.7. The molecule has 1 fully saturated rings. The first-order valence-corrected chi connectivity index (χ1v) is 13.8. The van der Waals surface area contributed by atoms with Crippen LogP contribution in [0.4, 0.5) is 16.2 Å². The molecule has 1 aromatic heterocycles. The Morgan fingerprint density at radius 1 is 1.11 bits per heavy atom. The fraction of sp³-hybridized carbons (Fsp3) is 0.345. The normalized spacial score (nSPS) is 23.8. The number of hydrogen-bond acceptors (Lipinski definition) is 6. The second-order valence-electron chi connectivity index (χ2n) is 10.3. The predicted molar refractivity (Wildman–Crippen MR) is 148 cm³/mol. The van der Waals surface area contributed by atoms with E-state index in [4.69, 9.17) is 4.74 Å². The summed E-state index contributed by atoms with van der Waals surface area (Å²) in [5.41, 5.74) is 3.32. The van der Waals surface area contributed by atoms with Crippen molar-refractivity contribution in [3.05, 3.63) is 71.9 Å². The molecule has 8 nitrogen and oxygen atoms in total. The second kappa shape index (κ2) is 9.96. The van der Waals surface area contributed by atoms with Gasteiger partial charge in [-0.1, -0.05) is 30.0 Å². The average Bonchev–Trinajstić information content (AvgIpc) is 3.52. The summed E-state index contributed by atoms with van der Waals surface area (Å²) in [5, 5.41) is 6.70. The summed E-state index contributed by atoms with van der Waals surface area (Å²) in [7, 11) is 4.17. The third kappa shape index (κ3) is 4.50. The van der Waals surface area contributed by atoms with Crippen LogP contribution in [0.3, 0.4) is 0 Å². The number of carbonyl (C=O) groups excluding carboxylic acids is 2. The number of rotatable bonds is 6. The molecule has 9 heteroatoms. The van der Waals surface area contributed by atoms with Crippen molar-refractivity contribution in [2.24, 2.45) is 0 Å². The Bertz CT molecular complexity index is 1380.